The first kappa shape index (κ1) is 19.2. The number of halogens is 3. The van der Waals surface area contributed by atoms with E-state index in [1.807, 2.05) is 65.2 Å². The quantitative estimate of drug-likeness (QED) is 0.371. The Balaban J connectivity index is 1.89. The second kappa shape index (κ2) is 7.74. The number of aromatic nitrogens is 2. The summed E-state index contributed by atoms with van der Waals surface area (Å²) < 4.78 is 41.7. The molecule has 1 heterocycles. The Bertz CT molecular complexity index is 1100. The Kier molecular flexibility index (Phi) is 5.14. The lowest BCUT2D eigenvalue weighted by molar-refractivity contribution is -0.137. The lowest BCUT2D eigenvalue weighted by atomic mass is 9.95. The normalized spacial score (nSPS) is 13.0. The van der Waals surface area contributed by atoms with Gasteiger partial charge in [0.05, 0.1) is 16.6 Å². The molecule has 5 heteroatoms. The van der Waals surface area contributed by atoms with Crippen molar-refractivity contribution in [3.63, 3.8) is 0 Å². The number of imidazole rings is 1. The average Bonchev–Trinajstić information content (AvgIpc) is 3.07. The Hall–Kier alpha value is -3.08. The van der Waals surface area contributed by atoms with Crippen molar-refractivity contribution in [1.82, 2.24) is 9.55 Å². The van der Waals surface area contributed by atoms with Crippen LogP contribution in [0.2, 0.25) is 0 Å². The molecule has 0 radical (unpaired) electrons. The van der Waals surface area contributed by atoms with Crippen molar-refractivity contribution in [3.8, 4) is 0 Å². The molecule has 1 unspecified atom stereocenters. The molecule has 4 rings (SSSR count). The summed E-state index contributed by atoms with van der Waals surface area (Å²) in [5.74, 6) is 0.790. The first-order chi connectivity index (χ1) is 14.0. The summed E-state index contributed by atoms with van der Waals surface area (Å²) in [4.78, 5) is 4.69. The maximum atomic E-state index is 13.2. The Morgan fingerprint density at radius 1 is 0.897 bits per heavy atom. The third-order valence-electron chi connectivity index (χ3n) is 5.21. The number of hydrogen-bond acceptors (Lipinski definition) is 1. The van der Waals surface area contributed by atoms with E-state index >= 15 is 0 Å². The van der Waals surface area contributed by atoms with Crippen molar-refractivity contribution in [3.05, 3.63) is 101 Å². The van der Waals surface area contributed by atoms with Crippen LogP contribution in [-0.4, -0.2) is 9.55 Å². The van der Waals surface area contributed by atoms with Gasteiger partial charge in [0.2, 0.25) is 0 Å². The molecule has 0 bridgehead atoms. The number of fused-ring (bicyclic) bond motifs is 1. The van der Waals surface area contributed by atoms with Crippen molar-refractivity contribution >= 4 is 11.0 Å². The molecule has 0 fully saturated rings. The van der Waals surface area contributed by atoms with Gasteiger partial charge in [-0.3, -0.25) is 0 Å². The van der Waals surface area contributed by atoms with E-state index in [4.69, 9.17) is 4.98 Å². The molecule has 148 valence electrons. The van der Waals surface area contributed by atoms with Gasteiger partial charge in [0.15, 0.2) is 0 Å². The third-order valence-corrected chi connectivity index (χ3v) is 5.21. The van der Waals surface area contributed by atoms with Gasteiger partial charge in [-0.1, -0.05) is 67.6 Å². The molecule has 0 amide bonds. The monoisotopic (exact) mass is 394 g/mol. The van der Waals surface area contributed by atoms with Gasteiger partial charge in [-0.15, -0.1) is 0 Å². The van der Waals surface area contributed by atoms with E-state index in [1.54, 1.807) is 0 Å². The molecule has 0 saturated carbocycles. The molecular weight excluding hydrogens is 373 g/mol. The second-order valence-electron chi connectivity index (χ2n) is 7.11. The fraction of sp³-hybridized carbons (Fsp3) is 0.208. The van der Waals surface area contributed by atoms with Crippen LogP contribution in [0.25, 0.3) is 11.0 Å². The van der Waals surface area contributed by atoms with Crippen LogP contribution >= 0.6 is 0 Å². The van der Waals surface area contributed by atoms with Crippen molar-refractivity contribution in [2.45, 2.75) is 32.0 Å². The fourth-order valence-electron chi connectivity index (χ4n) is 3.78. The average molecular weight is 394 g/mol. The summed E-state index contributed by atoms with van der Waals surface area (Å²) in [5.41, 5.74) is 2.60. The van der Waals surface area contributed by atoms with Crippen molar-refractivity contribution in [1.29, 1.82) is 0 Å². The third kappa shape index (κ3) is 3.90. The van der Waals surface area contributed by atoms with Crippen LogP contribution in [0.1, 0.15) is 41.8 Å². The van der Waals surface area contributed by atoms with E-state index in [9.17, 15) is 13.2 Å². The predicted molar refractivity (Wildman–Crippen MR) is 109 cm³/mol. The van der Waals surface area contributed by atoms with Gasteiger partial charge in [0.25, 0.3) is 0 Å². The van der Waals surface area contributed by atoms with Crippen LogP contribution < -0.4 is 0 Å². The van der Waals surface area contributed by atoms with Gasteiger partial charge in [-0.2, -0.15) is 13.2 Å². The summed E-state index contributed by atoms with van der Waals surface area (Å²) in [5, 5.41) is 0. The molecule has 2 nitrogen and oxygen atoms in total. The molecule has 1 aromatic heterocycles. The summed E-state index contributed by atoms with van der Waals surface area (Å²) in [7, 11) is 0. The van der Waals surface area contributed by atoms with Gasteiger partial charge in [0.1, 0.15) is 5.82 Å². The van der Waals surface area contributed by atoms with Gasteiger partial charge in [-0.05, 0) is 35.7 Å². The molecule has 0 aliphatic heterocycles. The molecule has 0 aliphatic carbocycles. The summed E-state index contributed by atoms with van der Waals surface area (Å²) in [6, 6.07) is 23.7. The molecule has 0 aliphatic rings. The molecule has 0 N–H and O–H groups in total. The van der Waals surface area contributed by atoms with E-state index < -0.39 is 11.7 Å². The standard InChI is InChI=1S/C24H21F3N2/c1-2-20(18-11-7-4-8-12-18)23-28-21-15-19(24(25,26)27)13-14-22(21)29(23)16-17-9-5-3-6-10-17/h3-15,20H,2,16H2,1H3. The second-order valence-corrected chi connectivity index (χ2v) is 7.11. The van der Waals surface area contributed by atoms with Crippen molar-refractivity contribution in [2.75, 3.05) is 0 Å². The number of hydrogen-bond donors (Lipinski definition) is 0. The molecule has 29 heavy (non-hydrogen) atoms. The van der Waals surface area contributed by atoms with Crippen LogP contribution in [0.3, 0.4) is 0 Å². The Morgan fingerprint density at radius 3 is 2.17 bits per heavy atom. The highest BCUT2D eigenvalue weighted by molar-refractivity contribution is 5.77. The van der Waals surface area contributed by atoms with Crippen LogP contribution in [0, 0.1) is 0 Å². The molecule has 0 spiro atoms. The highest BCUT2D eigenvalue weighted by atomic mass is 19.4. The minimum atomic E-state index is -4.39. The van der Waals surface area contributed by atoms with Gasteiger partial charge in [-0.25, -0.2) is 4.98 Å². The van der Waals surface area contributed by atoms with Gasteiger partial charge >= 0.3 is 6.18 Å². The molecular formula is C24H21F3N2. The minimum absolute atomic E-state index is 0.00153. The van der Waals surface area contributed by atoms with E-state index in [2.05, 4.69) is 6.92 Å². The van der Waals surface area contributed by atoms with Crippen molar-refractivity contribution in [2.24, 2.45) is 0 Å². The SMILES string of the molecule is CCC(c1ccccc1)c1nc2cc(C(F)(F)F)ccc2n1Cc1ccccc1. The molecule has 0 saturated heterocycles. The lowest BCUT2D eigenvalue weighted by Crippen LogP contribution is -2.11. The minimum Gasteiger partial charge on any atom is -0.323 e. The zero-order chi connectivity index (χ0) is 20.4. The van der Waals surface area contributed by atoms with E-state index in [1.165, 1.54) is 6.07 Å². The fourth-order valence-corrected chi connectivity index (χ4v) is 3.78. The van der Waals surface area contributed by atoms with Crippen LogP contribution in [-0.2, 0) is 12.7 Å². The number of rotatable bonds is 5. The smallest absolute Gasteiger partial charge is 0.323 e. The Labute approximate surface area is 167 Å². The largest absolute Gasteiger partial charge is 0.416 e. The van der Waals surface area contributed by atoms with Crippen LogP contribution in [0.4, 0.5) is 13.2 Å². The van der Waals surface area contributed by atoms with Gasteiger partial charge < -0.3 is 4.57 Å². The zero-order valence-corrected chi connectivity index (χ0v) is 16.0. The van der Waals surface area contributed by atoms with E-state index in [-0.39, 0.29) is 5.92 Å². The maximum absolute atomic E-state index is 13.2. The van der Waals surface area contributed by atoms with Crippen molar-refractivity contribution < 1.29 is 13.2 Å². The van der Waals surface area contributed by atoms with E-state index in [0.717, 1.165) is 35.5 Å². The van der Waals surface area contributed by atoms with Crippen LogP contribution in [0.15, 0.2) is 78.9 Å². The number of nitrogens with zero attached hydrogens (tertiary/aromatic N) is 2. The molecule has 4 aromatic rings. The first-order valence-corrected chi connectivity index (χ1v) is 9.63. The lowest BCUT2D eigenvalue weighted by Gasteiger charge is -2.18. The topological polar surface area (TPSA) is 17.8 Å². The maximum Gasteiger partial charge on any atom is 0.416 e. The molecule has 3 aromatic carbocycles. The Morgan fingerprint density at radius 2 is 1.55 bits per heavy atom. The van der Waals surface area contributed by atoms with E-state index in [0.29, 0.717) is 17.6 Å². The summed E-state index contributed by atoms with van der Waals surface area (Å²) >= 11 is 0. The summed E-state index contributed by atoms with van der Waals surface area (Å²) in [6.07, 6.45) is -3.59. The molecule has 1 atom stereocenters. The van der Waals surface area contributed by atoms with Crippen LogP contribution in [0.5, 0.6) is 0 Å². The number of benzene rings is 3. The predicted octanol–water partition coefficient (Wildman–Crippen LogP) is 6.65. The highest BCUT2D eigenvalue weighted by Crippen LogP contribution is 2.34. The highest BCUT2D eigenvalue weighted by Gasteiger charge is 2.31. The number of alkyl halides is 3. The van der Waals surface area contributed by atoms with Gasteiger partial charge in [0, 0.05) is 12.5 Å². The summed E-state index contributed by atoms with van der Waals surface area (Å²) in [6.45, 7) is 2.63. The first-order valence-electron chi connectivity index (χ1n) is 9.63. The zero-order valence-electron chi connectivity index (χ0n) is 16.0.